The van der Waals surface area contributed by atoms with Gasteiger partial charge in [-0.1, -0.05) is 12.1 Å². The minimum Gasteiger partial charge on any atom is -0.495 e. The molecule has 0 aliphatic heterocycles. The van der Waals surface area contributed by atoms with Crippen LogP contribution in [0.3, 0.4) is 0 Å². The molecule has 0 unspecified atom stereocenters. The highest BCUT2D eigenvalue weighted by Gasteiger charge is 2.08. The number of H-pyrrole nitrogens is 1. The molecule has 0 radical (unpaired) electrons. The summed E-state index contributed by atoms with van der Waals surface area (Å²) >= 11 is 0. The van der Waals surface area contributed by atoms with Crippen LogP contribution in [-0.4, -0.2) is 17.1 Å². The average molecular weight is 253 g/mol. The summed E-state index contributed by atoms with van der Waals surface area (Å²) in [6.45, 7) is 2.05. The molecular formula is C15H15N3O. The van der Waals surface area contributed by atoms with Gasteiger partial charge < -0.3 is 15.5 Å². The van der Waals surface area contributed by atoms with Crippen LogP contribution in [0.5, 0.6) is 5.75 Å². The molecule has 19 heavy (non-hydrogen) atoms. The zero-order chi connectivity index (χ0) is 13.4. The lowest BCUT2D eigenvalue weighted by atomic mass is 10.2. The monoisotopic (exact) mass is 253 g/mol. The van der Waals surface area contributed by atoms with E-state index in [4.69, 9.17) is 10.5 Å². The molecule has 0 saturated carbocycles. The van der Waals surface area contributed by atoms with E-state index in [0.29, 0.717) is 11.4 Å². The Morgan fingerprint density at radius 2 is 2.05 bits per heavy atom. The zero-order valence-electron chi connectivity index (χ0n) is 10.9. The second-order valence-electron chi connectivity index (χ2n) is 4.51. The molecule has 3 aromatic rings. The van der Waals surface area contributed by atoms with E-state index in [2.05, 4.69) is 23.0 Å². The van der Waals surface area contributed by atoms with E-state index in [1.807, 2.05) is 30.3 Å². The Balaban J connectivity index is 2.14. The highest BCUT2D eigenvalue weighted by molar-refractivity contribution is 5.82. The number of benzene rings is 2. The van der Waals surface area contributed by atoms with Crippen molar-refractivity contribution in [2.45, 2.75) is 6.92 Å². The minimum absolute atomic E-state index is 0.608. The number of aromatic nitrogens is 2. The second-order valence-corrected chi connectivity index (χ2v) is 4.51. The molecule has 0 fully saturated rings. The van der Waals surface area contributed by atoms with Crippen molar-refractivity contribution in [2.75, 3.05) is 12.8 Å². The Bertz CT molecular complexity index is 746. The maximum atomic E-state index is 5.93. The molecule has 0 spiro atoms. The van der Waals surface area contributed by atoms with E-state index in [0.717, 1.165) is 28.0 Å². The first-order chi connectivity index (χ1) is 9.19. The summed E-state index contributed by atoms with van der Waals surface area (Å²) in [4.78, 5) is 7.94. The predicted octanol–water partition coefficient (Wildman–Crippen LogP) is 3.13. The van der Waals surface area contributed by atoms with Crippen LogP contribution in [0.1, 0.15) is 5.56 Å². The third-order valence-electron chi connectivity index (χ3n) is 3.22. The number of fused-ring (bicyclic) bond motifs is 1. The van der Waals surface area contributed by atoms with Crippen molar-refractivity contribution in [2.24, 2.45) is 0 Å². The van der Waals surface area contributed by atoms with Gasteiger partial charge in [-0.2, -0.15) is 0 Å². The fourth-order valence-corrected chi connectivity index (χ4v) is 2.19. The van der Waals surface area contributed by atoms with Crippen LogP contribution < -0.4 is 10.5 Å². The topological polar surface area (TPSA) is 63.9 Å². The summed E-state index contributed by atoms with van der Waals surface area (Å²) < 4.78 is 5.16. The summed E-state index contributed by atoms with van der Waals surface area (Å²) in [7, 11) is 1.61. The SMILES string of the molecule is COc1ccc(-c2nc3c(C)cccc3[nH]2)cc1N. The zero-order valence-corrected chi connectivity index (χ0v) is 10.9. The third kappa shape index (κ3) is 1.91. The largest absolute Gasteiger partial charge is 0.495 e. The highest BCUT2D eigenvalue weighted by Crippen LogP contribution is 2.28. The summed E-state index contributed by atoms with van der Waals surface area (Å²) in [5, 5.41) is 0. The lowest BCUT2D eigenvalue weighted by Crippen LogP contribution is -1.93. The molecule has 3 rings (SSSR count). The Morgan fingerprint density at radius 3 is 2.74 bits per heavy atom. The molecule has 0 atom stereocenters. The van der Waals surface area contributed by atoms with Crippen LogP contribution >= 0.6 is 0 Å². The van der Waals surface area contributed by atoms with Crippen LogP contribution in [0.15, 0.2) is 36.4 Å². The van der Waals surface area contributed by atoms with Crippen molar-refractivity contribution in [3.05, 3.63) is 42.0 Å². The third-order valence-corrected chi connectivity index (χ3v) is 3.22. The van der Waals surface area contributed by atoms with Gasteiger partial charge in [-0.3, -0.25) is 0 Å². The van der Waals surface area contributed by atoms with Gasteiger partial charge in [0, 0.05) is 5.56 Å². The molecule has 1 heterocycles. The van der Waals surface area contributed by atoms with Gasteiger partial charge in [-0.05, 0) is 36.8 Å². The Hall–Kier alpha value is -2.49. The van der Waals surface area contributed by atoms with Gasteiger partial charge in [0.15, 0.2) is 0 Å². The number of para-hydroxylation sites is 1. The van der Waals surface area contributed by atoms with E-state index in [1.165, 1.54) is 0 Å². The van der Waals surface area contributed by atoms with Crippen LogP contribution in [0.25, 0.3) is 22.4 Å². The molecule has 4 heteroatoms. The number of nitrogen functional groups attached to an aromatic ring is 1. The highest BCUT2D eigenvalue weighted by atomic mass is 16.5. The molecule has 0 bridgehead atoms. The number of nitrogens with one attached hydrogen (secondary N) is 1. The van der Waals surface area contributed by atoms with Crippen molar-refractivity contribution in [3.8, 4) is 17.1 Å². The maximum Gasteiger partial charge on any atom is 0.141 e. The van der Waals surface area contributed by atoms with E-state index in [-0.39, 0.29) is 0 Å². The lowest BCUT2D eigenvalue weighted by molar-refractivity contribution is 0.417. The first kappa shape index (κ1) is 11.6. The smallest absolute Gasteiger partial charge is 0.141 e. The summed E-state index contributed by atoms with van der Waals surface area (Å²) in [6, 6.07) is 11.8. The molecule has 0 saturated heterocycles. The lowest BCUT2D eigenvalue weighted by Gasteiger charge is -2.05. The predicted molar refractivity (Wildman–Crippen MR) is 77.2 cm³/mol. The maximum absolute atomic E-state index is 5.93. The molecule has 3 N–H and O–H groups in total. The average Bonchev–Trinajstić information content (AvgIpc) is 2.84. The number of hydrogen-bond donors (Lipinski definition) is 2. The molecule has 2 aromatic carbocycles. The molecular weight excluding hydrogens is 238 g/mol. The van der Waals surface area contributed by atoms with Crippen molar-refractivity contribution in [3.63, 3.8) is 0 Å². The van der Waals surface area contributed by atoms with Crippen molar-refractivity contribution >= 4 is 16.7 Å². The van der Waals surface area contributed by atoms with Gasteiger partial charge in [0.1, 0.15) is 11.6 Å². The number of imidazole rings is 1. The van der Waals surface area contributed by atoms with Crippen molar-refractivity contribution < 1.29 is 4.74 Å². The van der Waals surface area contributed by atoms with E-state index < -0.39 is 0 Å². The molecule has 4 nitrogen and oxygen atoms in total. The normalized spacial score (nSPS) is 10.8. The van der Waals surface area contributed by atoms with Crippen LogP contribution in [-0.2, 0) is 0 Å². The molecule has 1 aromatic heterocycles. The van der Waals surface area contributed by atoms with E-state index in [9.17, 15) is 0 Å². The number of rotatable bonds is 2. The fraction of sp³-hybridized carbons (Fsp3) is 0.133. The number of methoxy groups -OCH3 is 1. The fourth-order valence-electron chi connectivity index (χ4n) is 2.19. The van der Waals surface area contributed by atoms with Gasteiger partial charge in [0.2, 0.25) is 0 Å². The summed E-state index contributed by atoms with van der Waals surface area (Å²) in [5.41, 5.74) is 10.7. The number of aromatic amines is 1. The number of ether oxygens (including phenoxy) is 1. The Kier molecular flexibility index (Phi) is 2.63. The Morgan fingerprint density at radius 1 is 1.21 bits per heavy atom. The van der Waals surface area contributed by atoms with Gasteiger partial charge in [0.05, 0.1) is 23.8 Å². The second kappa shape index (κ2) is 4.31. The van der Waals surface area contributed by atoms with Gasteiger partial charge in [0.25, 0.3) is 0 Å². The first-order valence-electron chi connectivity index (χ1n) is 6.08. The number of nitrogens with two attached hydrogens (primary N) is 1. The molecule has 96 valence electrons. The molecule has 0 amide bonds. The van der Waals surface area contributed by atoms with Gasteiger partial charge in [-0.15, -0.1) is 0 Å². The molecule has 0 aliphatic rings. The van der Waals surface area contributed by atoms with Gasteiger partial charge >= 0.3 is 0 Å². The number of nitrogens with zero attached hydrogens (tertiary/aromatic N) is 1. The summed E-state index contributed by atoms with van der Waals surface area (Å²) in [5.74, 6) is 1.50. The number of aryl methyl sites for hydroxylation is 1. The molecule has 0 aliphatic carbocycles. The number of hydrogen-bond acceptors (Lipinski definition) is 3. The van der Waals surface area contributed by atoms with Gasteiger partial charge in [-0.25, -0.2) is 4.98 Å². The van der Waals surface area contributed by atoms with E-state index in [1.54, 1.807) is 7.11 Å². The quantitative estimate of drug-likeness (QED) is 0.690. The summed E-state index contributed by atoms with van der Waals surface area (Å²) in [6.07, 6.45) is 0. The number of anilines is 1. The Labute approximate surface area is 111 Å². The minimum atomic E-state index is 0.608. The van der Waals surface area contributed by atoms with Crippen LogP contribution in [0.2, 0.25) is 0 Å². The van der Waals surface area contributed by atoms with Crippen LogP contribution in [0.4, 0.5) is 5.69 Å². The first-order valence-corrected chi connectivity index (χ1v) is 6.08. The standard InChI is InChI=1S/C15H15N3O/c1-9-4-3-5-12-14(9)18-15(17-12)10-6-7-13(19-2)11(16)8-10/h3-8H,16H2,1-2H3,(H,17,18). The van der Waals surface area contributed by atoms with E-state index >= 15 is 0 Å². The van der Waals surface area contributed by atoms with Crippen LogP contribution in [0, 0.1) is 6.92 Å². The van der Waals surface area contributed by atoms with Crippen molar-refractivity contribution in [1.82, 2.24) is 9.97 Å². The van der Waals surface area contributed by atoms with Crippen molar-refractivity contribution in [1.29, 1.82) is 0 Å².